The Balaban J connectivity index is 1.58. The average molecular weight is 553 g/mol. The van der Waals surface area contributed by atoms with Crippen molar-refractivity contribution in [2.45, 2.75) is 19.4 Å². The summed E-state index contributed by atoms with van der Waals surface area (Å²) in [5.41, 5.74) is 6.66. The molecule has 0 saturated heterocycles. The van der Waals surface area contributed by atoms with Crippen molar-refractivity contribution in [3.8, 4) is 11.5 Å². The molecule has 38 heavy (non-hydrogen) atoms. The number of nitrogens with one attached hydrogen (secondary N) is 1. The number of ether oxygens (including phenoxy) is 1. The molecule has 9 nitrogen and oxygen atoms in total. The Hall–Kier alpha value is -4.42. The summed E-state index contributed by atoms with van der Waals surface area (Å²) in [7, 11) is 0. The number of nitrogens with zero attached hydrogens (tertiary/aromatic N) is 2. The SMILES string of the molecule is CC(C(=O)O)N(C(=S)NC(=O)Cc1ccccc1)c1ccc(Oc2ccnc3cc(C(N)=O)sc23)c(F)c1. The van der Waals surface area contributed by atoms with Crippen LogP contribution < -0.4 is 20.7 Å². The van der Waals surface area contributed by atoms with Crippen LogP contribution >= 0.6 is 23.6 Å². The van der Waals surface area contributed by atoms with E-state index in [4.69, 9.17) is 22.7 Å². The Morgan fingerprint density at radius 2 is 1.89 bits per heavy atom. The third-order valence-corrected chi connectivity index (χ3v) is 6.90. The second kappa shape index (κ2) is 11.3. The normalized spacial score (nSPS) is 11.5. The molecule has 4 N–H and O–H groups in total. The van der Waals surface area contributed by atoms with Crippen LogP contribution in [0.4, 0.5) is 10.1 Å². The number of nitrogens with two attached hydrogens (primary N) is 1. The number of benzene rings is 2. The van der Waals surface area contributed by atoms with Crippen molar-refractivity contribution in [3.63, 3.8) is 0 Å². The minimum absolute atomic E-state index is 0.0258. The molecular weight excluding hydrogens is 531 g/mol. The van der Waals surface area contributed by atoms with Gasteiger partial charge in [-0.1, -0.05) is 30.3 Å². The van der Waals surface area contributed by atoms with Crippen LogP contribution in [0.25, 0.3) is 10.2 Å². The Morgan fingerprint density at radius 3 is 2.55 bits per heavy atom. The van der Waals surface area contributed by atoms with E-state index in [9.17, 15) is 19.5 Å². The van der Waals surface area contributed by atoms with Gasteiger partial charge in [-0.15, -0.1) is 11.3 Å². The van der Waals surface area contributed by atoms with E-state index in [0.717, 1.165) is 27.9 Å². The number of halogens is 1. The molecule has 0 aliphatic carbocycles. The molecule has 2 aromatic carbocycles. The number of hydrogen-bond donors (Lipinski definition) is 3. The lowest BCUT2D eigenvalue weighted by atomic mass is 10.1. The molecule has 4 aromatic rings. The van der Waals surface area contributed by atoms with Gasteiger partial charge in [0.05, 0.1) is 21.5 Å². The van der Waals surface area contributed by atoms with Gasteiger partial charge in [-0.3, -0.25) is 14.6 Å². The number of pyridine rings is 1. The zero-order valence-electron chi connectivity index (χ0n) is 19.9. The number of aromatic nitrogens is 1. The molecular formula is C26H21FN4O5S2. The lowest BCUT2D eigenvalue weighted by molar-refractivity contribution is -0.138. The number of anilines is 1. The van der Waals surface area contributed by atoms with Gasteiger partial charge in [-0.2, -0.15) is 0 Å². The second-order valence-corrected chi connectivity index (χ2v) is 9.55. The van der Waals surface area contributed by atoms with Gasteiger partial charge in [-0.05, 0) is 42.9 Å². The van der Waals surface area contributed by atoms with Crippen LogP contribution in [0.1, 0.15) is 22.2 Å². The van der Waals surface area contributed by atoms with Crippen molar-refractivity contribution in [1.29, 1.82) is 0 Å². The third kappa shape index (κ3) is 5.93. The monoisotopic (exact) mass is 552 g/mol. The van der Waals surface area contributed by atoms with E-state index in [0.29, 0.717) is 10.2 Å². The topological polar surface area (TPSA) is 135 Å². The predicted molar refractivity (Wildman–Crippen MR) is 145 cm³/mol. The van der Waals surface area contributed by atoms with E-state index in [1.165, 1.54) is 37.4 Å². The highest BCUT2D eigenvalue weighted by molar-refractivity contribution is 7.80. The first-order valence-electron chi connectivity index (χ1n) is 11.2. The van der Waals surface area contributed by atoms with Crippen molar-refractivity contribution in [2.75, 3.05) is 4.90 Å². The minimum atomic E-state index is -1.23. The highest BCUT2D eigenvalue weighted by Gasteiger charge is 2.27. The molecule has 194 valence electrons. The van der Waals surface area contributed by atoms with Crippen molar-refractivity contribution >= 4 is 62.4 Å². The maximum atomic E-state index is 15.2. The molecule has 0 fully saturated rings. The third-order valence-electron chi connectivity index (χ3n) is 5.45. The molecule has 12 heteroatoms. The Kier molecular flexibility index (Phi) is 7.93. The van der Waals surface area contributed by atoms with Gasteiger partial charge in [0, 0.05) is 24.0 Å². The first kappa shape index (κ1) is 26.6. The van der Waals surface area contributed by atoms with E-state index in [2.05, 4.69) is 10.3 Å². The number of carboxylic acids is 1. The van der Waals surface area contributed by atoms with E-state index in [1.54, 1.807) is 24.3 Å². The number of hydrogen-bond acceptors (Lipinski definition) is 7. The molecule has 0 radical (unpaired) electrons. The quantitative estimate of drug-likeness (QED) is 0.276. The second-order valence-electron chi connectivity index (χ2n) is 8.12. The lowest BCUT2D eigenvalue weighted by Gasteiger charge is -2.29. The number of fused-ring (bicyclic) bond motifs is 1. The van der Waals surface area contributed by atoms with Crippen LogP contribution in [-0.2, 0) is 16.0 Å². The first-order valence-corrected chi connectivity index (χ1v) is 12.4. The standard InChI is InChI=1S/C26H21FN4O5S2/c1-14(25(34)35)31(26(37)30-22(32)11-15-5-3-2-4-6-15)16-7-8-19(17(27)12-16)36-20-9-10-29-18-13-21(24(28)33)38-23(18)20/h2-10,12-14H,11H2,1H3,(H2,28,33)(H,34,35)(H,30,32,37). The van der Waals surface area contributed by atoms with Gasteiger partial charge in [0.1, 0.15) is 11.8 Å². The number of thiophene rings is 1. The summed E-state index contributed by atoms with van der Waals surface area (Å²) in [6.07, 6.45) is 1.48. The average Bonchev–Trinajstić information content (AvgIpc) is 3.32. The molecule has 2 amide bonds. The van der Waals surface area contributed by atoms with Crippen LogP contribution in [-0.4, -0.2) is 39.0 Å². The summed E-state index contributed by atoms with van der Waals surface area (Å²) in [5.74, 6) is -2.99. The molecule has 2 heterocycles. The van der Waals surface area contributed by atoms with Crippen molar-refractivity contribution in [1.82, 2.24) is 10.3 Å². The maximum Gasteiger partial charge on any atom is 0.326 e. The largest absolute Gasteiger partial charge is 0.480 e. The Labute approximate surface area is 225 Å². The Bertz CT molecular complexity index is 1540. The van der Waals surface area contributed by atoms with E-state index in [-0.39, 0.29) is 33.6 Å². The zero-order chi connectivity index (χ0) is 27.4. The van der Waals surface area contributed by atoms with Crippen LogP contribution in [0, 0.1) is 5.82 Å². The number of aliphatic carboxylic acids is 1. The van der Waals surface area contributed by atoms with Gasteiger partial charge in [-0.25, -0.2) is 9.18 Å². The number of carbonyl (C=O) groups is 3. The first-order chi connectivity index (χ1) is 18.1. The van der Waals surface area contributed by atoms with Crippen LogP contribution in [0.5, 0.6) is 11.5 Å². The van der Waals surface area contributed by atoms with Gasteiger partial charge < -0.3 is 25.8 Å². The summed E-state index contributed by atoms with van der Waals surface area (Å²) >= 11 is 6.40. The van der Waals surface area contributed by atoms with Crippen molar-refractivity contribution in [2.24, 2.45) is 5.73 Å². The minimum Gasteiger partial charge on any atom is -0.480 e. The highest BCUT2D eigenvalue weighted by atomic mass is 32.1. The summed E-state index contributed by atoms with van der Waals surface area (Å²) in [4.78, 5) is 41.4. The predicted octanol–water partition coefficient (Wildman–Crippen LogP) is 4.25. The lowest BCUT2D eigenvalue weighted by Crippen LogP contribution is -2.50. The highest BCUT2D eigenvalue weighted by Crippen LogP contribution is 2.36. The van der Waals surface area contributed by atoms with E-state index < -0.39 is 29.6 Å². The zero-order valence-corrected chi connectivity index (χ0v) is 21.5. The van der Waals surface area contributed by atoms with E-state index in [1.807, 2.05) is 6.07 Å². The molecule has 0 spiro atoms. The van der Waals surface area contributed by atoms with Gasteiger partial charge in [0.2, 0.25) is 5.91 Å². The van der Waals surface area contributed by atoms with Gasteiger partial charge in [0.25, 0.3) is 5.91 Å². The van der Waals surface area contributed by atoms with Crippen LogP contribution in [0.3, 0.4) is 0 Å². The number of rotatable bonds is 8. The van der Waals surface area contributed by atoms with E-state index >= 15 is 4.39 Å². The number of carbonyl (C=O) groups excluding carboxylic acids is 2. The molecule has 0 aliphatic rings. The molecule has 1 atom stereocenters. The van der Waals surface area contributed by atoms with Crippen LogP contribution in [0.2, 0.25) is 0 Å². The summed E-state index contributed by atoms with van der Waals surface area (Å²) in [6, 6.07) is 14.6. The van der Waals surface area contributed by atoms with Gasteiger partial charge in [0.15, 0.2) is 16.7 Å². The smallest absolute Gasteiger partial charge is 0.326 e. The van der Waals surface area contributed by atoms with Gasteiger partial charge >= 0.3 is 5.97 Å². The molecule has 0 saturated carbocycles. The summed E-state index contributed by atoms with van der Waals surface area (Å²) < 4.78 is 21.5. The summed E-state index contributed by atoms with van der Waals surface area (Å²) in [6.45, 7) is 1.36. The summed E-state index contributed by atoms with van der Waals surface area (Å²) in [5, 5.41) is 12.0. The Morgan fingerprint density at radius 1 is 1.16 bits per heavy atom. The fourth-order valence-electron chi connectivity index (χ4n) is 3.59. The van der Waals surface area contributed by atoms with Crippen molar-refractivity contribution < 1.29 is 28.6 Å². The fourth-order valence-corrected chi connectivity index (χ4v) is 4.88. The number of primary amides is 1. The number of carboxylic acid groups (broad SMARTS) is 1. The molecule has 0 bridgehead atoms. The number of thiocarbonyl (C=S) groups is 1. The molecule has 4 rings (SSSR count). The number of amides is 2. The maximum absolute atomic E-state index is 15.2. The molecule has 0 aliphatic heterocycles. The molecule has 2 aromatic heterocycles. The fraction of sp³-hybridized carbons (Fsp3) is 0.115. The molecule has 1 unspecified atom stereocenters. The van der Waals surface area contributed by atoms with Crippen molar-refractivity contribution in [3.05, 3.63) is 83.1 Å². The van der Waals surface area contributed by atoms with Crippen LogP contribution in [0.15, 0.2) is 66.9 Å².